The van der Waals surface area contributed by atoms with Crippen LogP contribution in [0.3, 0.4) is 0 Å². The third-order valence-electron chi connectivity index (χ3n) is 6.89. The largest absolute Gasteiger partial charge is 0.495 e. The maximum Gasteiger partial charge on any atom is 0.325 e. The molecule has 216 valence electrons. The van der Waals surface area contributed by atoms with Crippen molar-refractivity contribution in [2.24, 2.45) is 0 Å². The van der Waals surface area contributed by atoms with Gasteiger partial charge in [-0.15, -0.1) is 0 Å². The van der Waals surface area contributed by atoms with Crippen molar-refractivity contribution in [1.29, 1.82) is 0 Å². The maximum atomic E-state index is 13.6. The number of carbonyl (C=O) groups excluding carboxylic acids is 3. The molecule has 1 atom stereocenters. The molecule has 1 aliphatic rings. The van der Waals surface area contributed by atoms with Crippen LogP contribution in [0.15, 0.2) is 72.8 Å². The summed E-state index contributed by atoms with van der Waals surface area (Å²) in [5, 5.41) is 8.28. The molecule has 41 heavy (non-hydrogen) atoms. The number of nitrogens with one attached hydrogen (secondary N) is 3. The number of amides is 3. The first kappa shape index (κ1) is 29.3. The summed E-state index contributed by atoms with van der Waals surface area (Å²) in [5.41, 5.74) is 3.68. The SMILES string of the molecule is CCOC(=O)CNC(=O)Nc1ccc(N2CCN(c3ccccc3OC)CC2)c(C(=O)N[C@H](C)c2ccccc2)c1. The van der Waals surface area contributed by atoms with E-state index < -0.39 is 12.0 Å². The van der Waals surface area contributed by atoms with Gasteiger partial charge in [-0.1, -0.05) is 42.5 Å². The molecule has 0 bridgehead atoms. The molecule has 1 fully saturated rings. The molecule has 1 heterocycles. The third-order valence-corrected chi connectivity index (χ3v) is 6.89. The Hall–Kier alpha value is -4.73. The first-order valence-corrected chi connectivity index (χ1v) is 13.7. The minimum Gasteiger partial charge on any atom is -0.495 e. The molecule has 0 aliphatic carbocycles. The quantitative estimate of drug-likeness (QED) is 0.319. The number of para-hydroxylation sites is 2. The molecule has 3 N–H and O–H groups in total. The second-order valence-electron chi connectivity index (χ2n) is 9.60. The number of rotatable bonds is 10. The summed E-state index contributed by atoms with van der Waals surface area (Å²) in [6.45, 7) is 6.49. The van der Waals surface area contributed by atoms with Gasteiger partial charge in [0.2, 0.25) is 0 Å². The molecule has 1 aliphatic heterocycles. The monoisotopic (exact) mass is 559 g/mol. The van der Waals surface area contributed by atoms with Crippen molar-refractivity contribution in [2.75, 3.05) is 61.6 Å². The summed E-state index contributed by atoms with van der Waals surface area (Å²) in [4.78, 5) is 42.1. The number of carbonyl (C=O) groups is 3. The fourth-order valence-corrected chi connectivity index (χ4v) is 4.79. The normalized spacial score (nSPS) is 13.6. The molecule has 0 aromatic heterocycles. The van der Waals surface area contributed by atoms with Crippen LogP contribution in [-0.4, -0.2) is 64.3 Å². The lowest BCUT2D eigenvalue weighted by Crippen LogP contribution is -2.47. The summed E-state index contributed by atoms with van der Waals surface area (Å²) >= 11 is 0. The summed E-state index contributed by atoms with van der Waals surface area (Å²) in [5.74, 6) is 0.0481. The molecule has 1 saturated heterocycles. The lowest BCUT2D eigenvalue weighted by Gasteiger charge is -2.38. The van der Waals surface area contributed by atoms with Gasteiger partial charge in [0.15, 0.2) is 0 Å². The third kappa shape index (κ3) is 7.69. The molecule has 10 heteroatoms. The zero-order valence-electron chi connectivity index (χ0n) is 23.7. The molecule has 0 saturated carbocycles. The van der Waals surface area contributed by atoms with E-state index in [0.717, 1.165) is 35.8 Å². The number of methoxy groups -OCH3 is 1. The molecule has 3 aromatic rings. The number of anilines is 3. The molecular formula is C31H37N5O5. The van der Waals surface area contributed by atoms with Crippen molar-refractivity contribution >= 4 is 35.0 Å². The Balaban J connectivity index is 1.52. The van der Waals surface area contributed by atoms with Gasteiger partial charge in [-0.2, -0.15) is 0 Å². The van der Waals surface area contributed by atoms with Gasteiger partial charge >= 0.3 is 12.0 Å². The fraction of sp³-hybridized carbons (Fsp3) is 0.323. The summed E-state index contributed by atoms with van der Waals surface area (Å²) in [6, 6.07) is 22.2. The molecule has 0 unspecified atom stereocenters. The Bertz CT molecular complexity index is 1340. The minimum atomic E-state index is -0.569. The number of esters is 1. The number of piperazine rings is 1. The molecule has 3 amide bonds. The van der Waals surface area contributed by atoms with Gasteiger partial charge in [-0.05, 0) is 49.7 Å². The number of benzene rings is 3. The lowest BCUT2D eigenvalue weighted by atomic mass is 10.1. The van der Waals surface area contributed by atoms with Gasteiger partial charge in [-0.3, -0.25) is 9.59 Å². The van der Waals surface area contributed by atoms with Crippen LogP contribution in [-0.2, 0) is 9.53 Å². The van der Waals surface area contributed by atoms with Gasteiger partial charge < -0.3 is 35.2 Å². The Kier molecular flexibility index (Phi) is 10.0. The zero-order chi connectivity index (χ0) is 29.2. The highest BCUT2D eigenvalue weighted by atomic mass is 16.5. The Morgan fingerprint density at radius 1 is 0.878 bits per heavy atom. The summed E-state index contributed by atoms with van der Waals surface area (Å²) in [6.07, 6.45) is 0. The van der Waals surface area contributed by atoms with E-state index in [1.807, 2.05) is 67.6 Å². The first-order valence-electron chi connectivity index (χ1n) is 13.7. The second kappa shape index (κ2) is 14.1. The Morgan fingerprint density at radius 2 is 1.54 bits per heavy atom. The standard InChI is InChI=1S/C31H37N5O5/c1-4-41-29(37)21-32-31(39)34-24-14-15-26(25(20-24)30(38)33-22(2)23-10-6-5-7-11-23)35-16-18-36(19-17-35)27-12-8-9-13-28(27)40-3/h5-15,20,22H,4,16-19,21H2,1-3H3,(H,33,38)(H2,32,34,39)/t22-/m1/s1. The predicted octanol–water partition coefficient (Wildman–Crippen LogP) is 4.20. The number of urea groups is 1. The highest BCUT2D eigenvalue weighted by molar-refractivity contribution is 6.02. The topological polar surface area (TPSA) is 112 Å². The zero-order valence-corrected chi connectivity index (χ0v) is 23.7. The van der Waals surface area contributed by atoms with Crippen LogP contribution in [0, 0.1) is 0 Å². The van der Waals surface area contributed by atoms with Gasteiger partial charge in [0.1, 0.15) is 12.3 Å². The van der Waals surface area contributed by atoms with E-state index in [4.69, 9.17) is 9.47 Å². The number of nitrogens with zero attached hydrogens (tertiary/aromatic N) is 2. The van der Waals surface area contributed by atoms with E-state index in [0.29, 0.717) is 24.3 Å². The average Bonchev–Trinajstić information content (AvgIpc) is 3.00. The molecular weight excluding hydrogens is 522 g/mol. The van der Waals surface area contributed by atoms with Gasteiger partial charge in [0, 0.05) is 37.6 Å². The molecule has 3 aromatic carbocycles. The lowest BCUT2D eigenvalue weighted by molar-refractivity contribution is -0.141. The fourth-order valence-electron chi connectivity index (χ4n) is 4.79. The van der Waals surface area contributed by atoms with Crippen LogP contribution in [0.25, 0.3) is 0 Å². The van der Waals surface area contributed by atoms with Crippen molar-refractivity contribution in [3.8, 4) is 5.75 Å². The van der Waals surface area contributed by atoms with E-state index in [-0.39, 0.29) is 25.1 Å². The number of hydrogen-bond acceptors (Lipinski definition) is 7. The van der Waals surface area contributed by atoms with E-state index in [1.165, 1.54) is 0 Å². The van der Waals surface area contributed by atoms with Crippen molar-refractivity contribution in [2.45, 2.75) is 19.9 Å². The molecule has 0 radical (unpaired) electrons. The van der Waals surface area contributed by atoms with E-state index in [1.54, 1.807) is 26.2 Å². The van der Waals surface area contributed by atoms with Crippen LogP contribution in [0.4, 0.5) is 21.9 Å². The minimum absolute atomic E-state index is 0.219. The van der Waals surface area contributed by atoms with Crippen molar-refractivity contribution in [1.82, 2.24) is 10.6 Å². The molecule has 4 rings (SSSR count). The number of hydrogen-bond donors (Lipinski definition) is 3. The van der Waals surface area contributed by atoms with E-state index in [2.05, 4.69) is 25.8 Å². The number of ether oxygens (including phenoxy) is 2. The Morgan fingerprint density at radius 3 is 2.22 bits per heavy atom. The second-order valence-corrected chi connectivity index (χ2v) is 9.60. The van der Waals surface area contributed by atoms with Gasteiger partial charge in [-0.25, -0.2) is 4.79 Å². The van der Waals surface area contributed by atoms with Crippen molar-refractivity contribution in [3.63, 3.8) is 0 Å². The van der Waals surface area contributed by atoms with Crippen LogP contribution < -0.4 is 30.5 Å². The van der Waals surface area contributed by atoms with Crippen molar-refractivity contribution in [3.05, 3.63) is 83.9 Å². The van der Waals surface area contributed by atoms with Gasteiger partial charge in [0.25, 0.3) is 5.91 Å². The smallest absolute Gasteiger partial charge is 0.325 e. The van der Waals surface area contributed by atoms with Crippen LogP contribution in [0.1, 0.15) is 35.8 Å². The Labute approximate surface area is 240 Å². The first-order chi connectivity index (χ1) is 19.9. The van der Waals surface area contributed by atoms with Crippen LogP contribution in [0.2, 0.25) is 0 Å². The predicted molar refractivity (Wildman–Crippen MR) is 160 cm³/mol. The van der Waals surface area contributed by atoms with Crippen LogP contribution in [0.5, 0.6) is 5.75 Å². The van der Waals surface area contributed by atoms with Crippen molar-refractivity contribution < 1.29 is 23.9 Å². The average molecular weight is 560 g/mol. The maximum absolute atomic E-state index is 13.6. The molecule has 10 nitrogen and oxygen atoms in total. The highest BCUT2D eigenvalue weighted by Crippen LogP contribution is 2.31. The highest BCUT2D eigenvalue weighted by Gasteiger charge is 2.24. The summed E-state index contributed by atoms with van der Waals surface area (Å²) in [7, 11) is 1.67. The van der Waals surface area contributed by atoms with Gasteiger partial charge in [0.05, 0.1) is 31.0 Å². The van der Waals surface area contributed by atoms with E-state index >= 15 is 0 Å². The van der Waals surface area contributed by atoms with Crippen LogP contribution >= 0.6 is 0 Å². The van der Waals surface area contributed by atoms with E-state index in [9.17, 15) is 14.4 Å². The molecule has 0 spiro atoms. The summed E-state index contributed by atoms with van der Waals surface area (Å²) < 4.78 is 10.4.